The maximum absolute atomic E-state index is 14.3. The molecule has 1 aromatic heterocycles. The van der Waals surface area contributed by atoms with Gasteiger partial charge in [-0.1, -0.05) is 29.4 Å². The van der Waals surface area contributed by atoms with Crippen molar-refractivity contribution in [3.05, 3.63) is 52.8 Å². The van der Waals surface area contributed by atoms with Crippen LogP contribution >= 0.6 is 23.4 Å². The monoisotopic (exact) mass is 527 g/mol. The van der Waals surface area contributed by atoms with Crippen molar-refractivity contribution in [3.8, 4) is 0 Å². The van der Waals surface area contributed by atoms with Gasteiger partial charge in [0.05, 0.1) is 29.1 Å². The van der Waals surface area contributed by atoms with Crippen LogP contribution in [-0.2, 0) is 31.8 Å². The van der Waals surface area contributed by atoms with Gasteiger partial charge in [-0.15, -0.1) is 0 Å². The first-order chi connectivity index (χ1) is 16.4. The van der Waals surface area contributed by atoms with Gasteiger partial charge in [0, 0.05) is 43.6 Å². The van der Waals surface area contributed by atoms with Gasteiger partial charge < -0.3 is 14.0 Å². The summed E-state index contributed by atoms with van der Waals surface area (Å²) in [5.41, 5.74) is 1.94. The Morgan fingerprint density at radius 2 is 2.00 bits per heavy atom. The average molecular weight is 528 g/mol. The molecule has 1 aliphatic heterocycles. The molecule has 0 unspecified atom stereocenters. The zero-order valence-corrected chi connectivity index (χ0v) is 21.3. The van der Waals surface area contributed by atoms with Crippen LogP contribution in [0.5, 0.6) is 0 Å². The third kappa shape index (κ3) is 5.75. The summed E-state index contributed by atoms with van der Waals surface area (Å²) in [7, 11) is -3.63. The predicted octanol–water partition coefficient (Wildman–Crippen LogP) is 4.57. The minimum absolute atomic E-state index is 0.209. The summed E-state index contributed by atoms with van der Waals surface area (Å²) in [6.07, 6.45) is 0.774. The van der Waals surface area contributed by atoms with Crippen LogP contribution in [0, 0.1) is 5.82 Å². The molecule has 1 aliphatic rings. The first-order valence-electron chi connectivity index (χ1n) is 11.1. The number of hydrogen-bond acceptors (Lipinski definition) is 6. The fourth-order valence-corrected chi connectivity index (χ4v) is 6.37. The minimum Gasteiger partial charge on any atom is -0.382 e. The highest BCUT2D eigenvalue weighted by molar-refractivity contribution is 7.98. The number of imidazole rings is 1. The summed E-state index contributed by atoms with van der Waals surface area (Å²) >= 11 is 7.27. The van der Waals surface area contributed by atoms with Crippen LogP contribution in [0.3, 0.4) is 0 Å². The molecule has 0 amide bonds. The molecular weight excluding hydrogens is 501 g/mol. The number of aromatic nitrogens is 2. The Balaban J connectivity index is 1.63. The lowest BCUT2D eigenvalue weighted by Gasteiger charge is -2.26. The topological polar surface area (TPSA) is 73.7 Å². The molecule has 0 radical (unpaired) electrons. The fourth-order valence-electron chi connectivity index (χ4n) is 3.76. The van der Waals surface area contributed by atoms with Crippen LogP contribution in [0.25, 0.3) is 11.0 Å². The van der Waals surface area contributed by atoms with E-state index in [9.17, 15) is 12.8 Å². The highest BCUT2D eigenvalue weighted by Crippen LogP contribution is 2.30. The van der Waals surface area contributed by atoms with E-state index in [1.54, 1.807) is 30.3 Å². The Morgan fingerprint density at radius 1 is 1.21 bits per heavy atom. The lowest BCUT2D eigenvalue weighted by Crippen LogP contribution is -2.40. The second-order valence-electron chi connectivity index (χ2n) is 7.79. The highest BCUT2D eigenvalue weighted by atomic mass is 35.5. The van der Waals surface area contributed by atoms with Crippen molar-refractivity contribution >= 4 is 44.4 Å². The van der Waals surface area contributed by atoms with Gasteiger partial charge in [0.2, 0.25) is 10.0 Å². The van der Waals surface area contributed by atoms with Crippen molar-refractivity contribution in [1.82, 2.24) is 13.9 Å². The molecular formula is C23H27ClFN3O4S2. The molecule has 0 aliphatic carbocycles. The number of benzene rings is 2. The van der Waals surface area contributed by atoms with Gasteiger partial charge in [0.25, 0.3) is 0 Å². The van der Waals surface area contributed by atoms with E-state index < -0.39 is 10.0 Å². The van der Waals surface area contributed by atoms with E-state index in [1.807, 2.05) is 11.5 Å². The van der Waals surface area contributed by atoms with E-state index >= 15 is 0 Å². The quantitative estimate of drug-likeness (QED) is 0.284. The van der Waals surface area contributed by atoms with Crippen molar-refractivity contribution < 1.29 is 22.3 Å². The highest BCUT2D eigenvalue weighted by Gasteiger charge is 2.27. The maximum Gasteiger partial charge on any atom is 0.243 e. The molecule has 4 rings (SSSR count). The number of hydrogen-bond donors (Lipinski definition) is 0. The Labute approximate surface area is 208 Å². The van der Waals surface area contributed by atoms with E-state index in [1.165, 1.54) is 22.1 Å². The molecule has 3 aromatic rings. The van der Waals surface area contributed by atoms with Crippen LogP contribution in [-0.4, -0.2) is 61.8 Å². The summed E-state index contributed by atoms with van der Waals surface area (Å²) in [6.45, 7) is 5.29. The molecule has 0 atom stereocenters. The lowest BCUT2D eigenvalue weighted by atomic mass is 10.2. The Bertz CT molecular complexity index is 1250. The third-order valence-electron chi connectivity index (χ3n) is 5.54. The summed E-state index contributed by atoms with van der Waals surface area (Å²) in [5.74, 6) is 0.00869. The third-order valence-corrected chi connectivity index (χ3v) is 8.69. The number of sulfonamides is 1. The number of nitrogens with zero attached hydrogens (tertiary/aromatic N) is 3. The molecule has 7 nitrogen and oxygen atoms in total. The molecule has 2 aromatic carbocycles. The smallest absolute Gasteiger partial charge is 0.243 e. The van der Waals surface area contributed by atoms with Crippen LogP contribution in [0.15, 0.2) is 46.5 Å². The zero-order valence-electron chi connectivity index (χ0n) is 18.9. The van der Waals surface area contributed by atoms with E-state index in [0.29, 0.717) is 73.1 Å². The van der Waals surface area contributed by atoms with Crippen molar-refractivity contribution in [2.24, 2.45) is 0 Å². The second kappa shape index (κ2) is 11.4. The predicted molar refractivity (Wildman–Crippen MR) is 131 cm³/mol. The first-order valence-corrected chi connectivity index (χ1v) is 13.9. The van der Waals surface area contributed by atoms with E-state index in [-0.39, 0.29) is 10.7 Å². The van der Waals surface area contributed by atoms with Crippen molar-refractivity contribution in [2.75, 3.05) is 39.5 Å². The summed E-state index contributed by atoms with van der Waals surface area (Å²) < 4.78 is 54.7. The number of thioether (sulfide) groups is 1. The molecule has 184 valence electrons. The largest absolute Gasteiger partial charge is 0.382 e. The Hall–Kier alpha value is -1.69. The van der Waals surface area contributed by atoms with Gasteiger partial charge in [-0.25, -0.2) is 17.8 Å². The van der Waals surface area contributed by atoms with Crippen LogP contribution in [0.2, 0.25) is 5.02 Å². The molecule has 1 saturated heterocycles. The molecule has 2 heterocycles. The van der Waals surface area contributed by atoms with Gasteiger partial charge in [0.15, 0.2) is 5.16 Å². The second-order valence-corrected chi connectivity index (χ2v) is 11.1. The van der Waals surface area contributed by atoms with Crippen molar-refractivity contribution in [3.63, 3.8) is 0 Å². The first kappa shape index (κ1) is 25.4. The molecule has 0 N–H and O–H groups in total. The number of rotatable bonds is 10. The van der Waals surface area contributed by atoms with Gasteiger partial charge in [-0.3, -0.25) is 0 Å². The molecule has 34 heavy (non-hydrogen) atoms. The van der Waals surface area contributed by atoms with E-state index in [4.69, 9.17) is 26.1 Å². The molecule has 0 spiro atoms. The number of halogens is 2. The van der Waals surface area contributed by atoms with E-state index in [0.717, 1.165) is 11.9 Å². The number of fused-ring (bicyclic) bond motifs is 1. The summed E-state index contributed by atoms with van der Waals surface area (Å²) in [6, 6.07) is 9.66. The minimum atomic E-state index is -3.63. The van der Waals surface area contributed by atoms with Crippen molar-refractivity contribution in [1.29, 1.82) is 0 Å². The summed E-state index contributed by atoms with van der Waals surface area (Å²) in [4.78, 5) is 4.93. The Morgan fingerprint density at radius 3 is 2.74 bits per heavy atom. The standard InChI is InChI=1S/C23H27ClFN3O4S2/c1-2-31-11-3-8-28-22-7-6-19(34(29,30)27-9-12-32-13-10-27)15-21(22)26-23(28)33-16-17-4-5-18(24)14-20(17)25/h4-7,14-15H,2-3,8-13,16H2,1H3. The van der Waals surface area contributed by atoms with Gasteiger partial charge >= 0.3 is 0 Å². The number of aryl methyl sites for hydroxylation is 1. The van der Waals surface area contributed by atoms with E-state index in [2.05, 4.69) is 0 Å². The van der Waals surface area contributed by atoms with Gasteiger partial charge in [-0.05, 0) is 49.2 Å². The molecule has 0 bridgehead atoms. The van der Waals surface area contributed by atoms with Crippen molar-refractivity contribution in [2.45, 2.75) is 35.7 Å². The maximum atomic E-state index is 14.3. The normalized spacial score (nSPS) is 15.3. The van der Waals surface area contributed by atoms with Crippen LogP contribution in [0.4, 0.5) is 4.39 Å². The molecule has 1 fully saturated rings. The lowest BCUT2D eigenvalue weighted by molar-refractivity contribution is 0.0730. The molecule has 0 saturated carbocycles. The summed E-state index contributed by atoms with van der Waals surface area (Å²) in [5, 5.41) is 1.05. The van der Waals surface area contributed by atoms with Crippen LogP contribution in [0.1, 0.15) is 18.9 Å². The van der Waals surface area contributed by atoms with Gasteiger partial charge in [0.1, 0.15) is 5.82 Å². The van der Waals surface area contributed by atoms with Gasteiger partial charge in [-0.2, -0.15) is 4.31 Å². The SMILES string of the molecule is CCOCCCn1c(SCc2ccc(Cl)cc2F)nc2cc(S(=O)(=O)N3CCOCC3)ccc21. The number of morpholine rings is 1. The fraction of sp³-hybridized carbons (Fsp3) is 0.435. The number of ether oxygens (including phenoxy) is 2. The Kier molecular flexibility index (Phi) is 8.49. The zero-order chi connectivity index (χ0) is 24.1. The molecule has 11 heteroatoms. The van der Waals surface area contributed by atoms with Crippen LogP contribution < -0.4 is 0 Å². The average Bonchev–Trinajstić information content (AvgIpc) is 3.18.